The van der Waals surface area contributed by atoms with E-state index in [-0.39, 0.29) is 24.3 Å². The molecule has 0 aliphatic carbocycles. The molecule has 2 aromatic heterocycles. The van der Waals surface area contributed by atoms with Crippen molar-refractivity contribution in [3.8, 4) is 22.9 Å². The van der Waals surface area contributed by atoms with Crippen LogP contribution in [0.2, 0.25) is 0 Å². The van der Waals surface area contributed by atoms with Crippen molar-refractivity contribution in [3.63, 3.8) is 0 Å². The molecule has 8 nitrogen and oxygen atoms in total. The van der Waals surface area contributed by atoms with Gasteiger partial charge in [-0.2, -0.15) is 9.61 Å². The largest absolute Gasteiger partial charge is 0.454 e. The predicted molar refractivity (Wildman–Crippen MR) is 111 cm³/mol. The van der Waals surface area contributed by atoms with Crippen LogP contribution in [0.25, 0.3) is 17.0 Å². The Bertz CT molecular complexity index is 1280. The first kappa shape index (κ1) is 19.3. The van der Waals surface area contributed by atoms with E-state index < -0.39 is 0 Å². The molecular formula is C21H16FN5O3S. The molecule has 2 aromatic carbocycles. The number of hydrogen-bond acceptors (Lipinski definition) is 7. The first-order valence-electron chi connectivity index (χ1n) is 9.42. The summed E-state index contributed by atoms with van der Waals surface area (Å²) in [6.07, 6.45) is 0. The van der Waals surface area contributed by atoms with Gasteiger partial charge < -0.3 is 14.8 Å². The number of carbonyl (C=O) groups is 1. The Hall–Kier alpha value is -3.66. The monoisotopic (exact) mass is 437 g/mol. The topological polar surface area (TPSA) is 90.6 Å². The molecule has 10 heteroatoms. The molecule has 3 heterocycles. The maximum atomic E-state index is 13.6. The Morgan fingerprint density at radius 1 is 1.10 bits per heavy atom. The molecule has 0 bridgehead atoms. The summed E-state index contributed by atoms with van der Waals surface area (Å²) in [5.74, 6) is 1.53. The van der Waals surface area contributed by atoms with E-state index in [4.69, 9.17) is 9.47 Å². The van der Waals surface area contributed by atoms with E-state index in [0.717, 1.165) is 5.56 Å². The molecular weight excluding hydrogens is 421 g/mol. The van der Waals surface area contributed by atoms with Crippen molar-refractivity contribution >= 4 is 23.3 Å². The smallest absolute Gasteiger partial charge is 0.231 e. The summed E-state index contributed by atoms with van der Waals surface area (Å²) in [4.78, 5) is 12.3. The molecule has 0 spiro atoms. The Morgan fingerprint density at radius 2 is 2.00 bits per heavy atom. The van der Waals surface area contributed by atoms with Gasteiger partial charge in [-0.15, -0.1) is 10.2 Å². The zero-order chi connectivity index (χ0) is 21.2. The molecule has 1 amide bonds. The molecule has 1 aliphatic heterocycles. The number of nitrogens with one attached hydrogen (secondary N) is 1. The fourth-order valence-corrected chi connectivity index (χ4v) is 3.78. The number of benzene rings is 2. The Kier molecular flexibility index (Phi) is 5.13. The normalized spacial score (nSPS) is 12.3. The van der Waals surface area contributed by atoms with Crippen LogP contribution in [-0.2, 0) is 11.3 Å². The van der Waals surface area contributed by atoms with E-state index >= 15 is 0 Å². The maximum Gasteiger partial charge on any atom is 0.231 e. The molecule has 0 radical (unpaired) electrons. The summed E-state index contributed by atoms with van der Waals surface area (Å²) in [7, 11) is 0. The van der Waals surface area contributed by atoms with Crippen LogP contribution in [0.5, 0.6) is 11.5 Å². The van der Waals surface area contributed by atoms with Crippen LogP contribution in [0.3, 0.4) is 0 Å². The zero-order valence-corrected chi connectivity index (χ0v) is 16.9. The Labute approximate surface area is 180 Å². The molecule has 5 rings (SSSR count). The van der Waals surface area contributed by atoms with Crippen molar-refractivity contribution in [2.24, 2.45) is 0 Å². The number of nitrogens with zero attached hydrogens (tertiary/aromatic N) is 4. The zero-order valence-electron chi connectivity index (χ0n) is 16.1. The number of aromatic nitrogens is 4. The highest BCUT2D eigenvalue weighted by Gasteiger charge is 2.14. The Morgan fingerprint density at radius 3 is 2.90 bits per heavy atom. The molecule has 0 unspecified atom stereocenters. The van der Waals surface area contributed by atoms with Crippen LogP contribution in [-0.4, -0.2) is 38.3 Å². The van der Waals surface area contributed by atoms with E-state index in [1.54, 1.807) is 28.8 Å². The van der Waals surface area contributed by atoms with Crippen LogP contribution < -0.4 is 14.8 Å². The quantitative estimate of drug-likeness (QED) is 0.464. The second-order valence-electron chi connectivity index (χ2n) is 6.73. The molecule has 0 atom stereocenters. The van der Waals surface area contributed by atoms with Crippen molar-refractivity contribution in [1.82, 2.24) is 25.1 Å². The van der Waals surface area contributed by atoms with Gasteiger partial charge in [0.25, 0.3) is 0 Å². The van der Waals surface area contributed by atoms with Gasteiger partial charge in [0.15, 0.2) is 23.0 Å². The second-order valence-corrected chi connectivity index (χ2v) is 7.72. The summed E-state index contributed by atoms with van der Waals surface area (Å²) >= 11 is 1.29. The predicted octanol–water partition coefficient (Wildman–Crippen LogP) is 3.07. The molecule has 0 saturated carbocycles. The van der Waals surface area contributed by atoms with Crippen molar-refractivity contribution < 1.29 is 18.7 Å². The highest BCUT2D eigenvalue weighted by molar-refractivity contribution is 7.99. The van der Waals surface area contributed by atoms with E-state index in [2.05, 4.69) is 20.6 Å². The van der Waals surface area contributed by atoms with Crippen molar-refractivity contribution in [1.29, 1.82) is 0 Å². The van der Waals surface area contributed by atoms with Gasteiger partial charge in [0, 0.05) is 12.1 Å². The minimum atomic E-state index is -0.362. The maximum absolute atomic E-state index is 13.6. The molecule has 1 aliphatic rings. The number of halogens is 1. The summed E-state index contributed by atoms with van der Waals surface area (Å²) in [6, 6.07) is 15.2. The molecule has 4 aromatic rings. The fourth-order valence-electron chi connectivity index (χ4n) is 3.10. The van der Waals surface area contributed by atoms with Crippen LogP contribution in [0, 0.1) is 5.82 Å². The van der Waals surface area contributed by atoms with E-state index in [9.17, 15) is 9.18 Å². The van der Waals surface area contributed by atoms with Gasteiger partial charge in [0.2, 0.25) is 12.7 Å². The highest BCUT2D eigenvalue weighted by atomic mass is 32.2. The SMILES string of the molecule is O=C(CSc1ccc2nnc(-c3cccc(F)c3)n2n1)NCc1ccc2c(c1)OCO2. The lowest BCUT2D eigenvalue weighted by Crippen LogP contribution is -2.24. The van der Waals surface area contributed by atoms with Crippen LogP contribution in [0.1, 0.15) is 5.56 Å². The Balaban J connectivity index is 1.23. The van der Waals surface area contributed by atoms with Gasteiger partial charge in [-0.1, -0.05) is 30.0 Å². The average Bonchev–Trinajstić information content (AvgIpc) is 3.42. The number of carbonyl (C=O) groups excluding carboxylic acids is 1. The van der Waals surface area contributed by atoms with Crippen LogP contribution in [0.4, 0.5) is 4.39 Å². The summed E-state index contributed by atoms with van der Waals surface area (Å²) in [5, 5.41) is 16.2. The fraction of sp³-hybridized carbons (Fsp3) is 0.143. The lowest BCUT2D eigenvalue weighted by molar-refractivity contribution is -0.118. The van der Waals surface area contributed by atoms with Gasteiger partial charge in [-0.3, -0.25) is 4.79 Å². The summed E-state index contributed by atoms with van der Waals surface area (Å²) < 4.78 is 25.7. The van der Waals surface area contributed by atoms with E-state index in [0.29, 0.717) is 40.1 Å². The molecule has 0 saturated heterocycles. The molecule has 0 fully saturated rings. The van der Waals surface area contributed by atoms with Crippen LogP contribution in [0.15, 0.2) is 59.6 Å². The van der Waals surface area contributed by atoms with Crippen LogP contribution >= 0.6 is 11.8 Å². The van der Waals surface area contributed by atoms with Gasteiger partial charge in [-0.25, -0.2) is 4.39 Å². The number of fused-ring (bicyclic) bond motifs is 2. The highest BCUT2D eigenvalue weighted by Crippen LogP contribution is 2.32. The third kappa shape index (κ3) is 4.15. The lowest BCUT2D eigenvalue weighted by atomic mass is 10.2. The van der Waals surface area contributed by atoms with Gasteiger partial charge >= 0.3 is 0 Å². The van der Waals surface area contributed by atoms with Crippen molar-refractivity contribution in [2.45, 2.75) is 11.6 Å². The minimum absolute atomic E-state index is 0.126. The van der Waals surface area contributed by atoms with Gasteiger partial charge in [0.05, 0.1) is 5.75 Å². The van der Waals surface area contributed by atoms with E-state index in [1.165, 1.54) is 23.9 Å². The first-order chi connectivity index (χ1) is 15.2. The second kappa shape index (κ2) is 8.23. The van der Waals surface area contributed by atoms with Gasteiger partial charge in [0.1, 0.15) is 10.8 Å². The number of ether oxygens (including phenoxy) is 2. The standard InChI is InChI=1S/C21H16FN5O3S/c22-15-3-1-2-14(9-15)21-25-24-18-6-7-20(26-27(18)21)31-11-19(28)23-10-13-4-5-16-17(8-13)30-12-29-16/h1-9H,10-12H2,(H,23,28). The number of thioether (sulfide) groups is 1. The van der Waals surface area contributed by atoms with E-state index in [1.807, 2.05) is 18.2 Å². The average molecular weight is 437 g/mol. The molecule has 31 heavy (non-hydrogen) atoms. The van der Waals surface area contributed by atoms with Crippen molar-refractivity contribution in [2.75, 3.05) is 12.5 Å². The third-order valence-electron chi connectivity index (χ3n) is 4.60. The minimum Gasteiger partial charge on any atom is -0.454 e. The number of amides is 1. The summed E-state index contributed by atoms with van der Waals surface area (Å²) in [5.41, 5.74) is 2.03. The van der Waals surface area contributed by atoms with Gasteiger partial charge in [-0.05, 0) is 42.0 Å². The number of rotatable bonds is 6. The number of hydrogen-bond donors (Lipinski definition) is 1. The molecule has 1 N–H and O–H groups in total. The first-order valence-corrected chi connectivity index (χ1v) is 10.4. The van der Waals surface area contributed by atoms with Crippen molar-refractivity contribution in [3.05, 3.63) is 66.0 Å². The molecule has 156 valence electrons. The lowest BCUT2D eigenvalue weighted by Gasteiger charge is -2.06. The third-order valence-corrected chi connectivity index (χ3v) is 5.52. The summed E-state index contributed by atoms with van der Waals surface area (Å²) in [6.45, 7) is 0.601.